The van der Waals surface area contributed by atoms with Gasteiger partial charge in [-0.1, -0.05) is 25.3 Å². The molecule has 2 nitrogen and oxygen atoms in total. The number of fused-ring (bicyclic) bond motifs is 1. The van der Waals surface area contributed by atoms with E-state index in [4.69, 9.17) is 0 Å². The maximum absolute atomic E-state index is 4.23. The van der Waals surface area contributed by atoms with Crippen molar-refractivity contribution in [2.45, 2.75) is 38.0 Å². The molecule has 1 heterocycles. The fraction of sp³-hybridized carbons (Fsp3) is 0.400. The molecule has 2 heteroatoms. The summed E-state index contributed by atoms with van der Waals surface area (Å²) in [4.78, 5) is 4.23. The molecule has 1 N–H and O–H groups in total. The van der Waals surface area contributed by atoms with Crippen molar-refractivity contribution >= 4 is 11.9 Å². The van der Waals surface area contributed by atoms with Gasteiger partial charge in [0.25, 0.3) is 0 Å². The topological polar surface area (TPSA) is 24.4 Å². The van der Waals surface area contributed by atoms with E-state index in [1.54, 1.807) is 6.20 Å². The largest absolute Gasteiger partial charge is 0.360 e. The van der Waals surface area contributed by atoms with E-state index < -0.39 is 0 Å². The van der Waals surface area contributed by atoms with Crippen LogP contribution in [-0.2, 0) is 0 Å². The Kier molecular flexibility index (Phi) is 2.95. The SMILES string of the molecule is C1=CNc2ccc(C3CCCCC3)cc2C=N1. The second-order valence-corrected chi connectivity index (χ2v) is 4.92. The average Bonchev–Trinajstić information content (AvgIpc) is 2.64. The number of rotatable bonds is 1. The minimum atomic E-state index is 0.763. The summed E-state index contributed by atoms with van der Waals surface area (Å²) in [6.45, 7) is 0. The van der Waals surface area contributed by atoms with E-state index in [0.717, 1.165) is 11.6 Å². The standard InChI is InChI=1S/C15H18N2/c1-2-4-12(5-3-1)13-6-7-15-14(10-13)11-16-8-9-17-15/h6-12,17H,1-5H2. The molecule has 17 heavy (non-hydrogen) atoms. The number of aliphatic imine (C=N–C) groups is 1. The molecule has 1 aromatic rings. The van der Waals surface area contributed by atoms with Crippen molar-refractivity contribution in [2.24, 2.45) is 4.99 Å². The van der Waals surface area contributed by atoms with Crippen LogP contribution in [0.4, 0.5) is 5.69 Å². The molecule has 1 saturated carbocycles. The molecule has 1 aliphatic carbocycles. The van der Waals surface area contributed by atoms with E-state index in [2.05, 4.69) is 28.5 Å². The highest BCUT2D eigenvalue weighted by Gasteiger charge is 2.16. The number of nitrogens with one attached hydrogen (secondary N) is 1. The number of anilines is 1. The summed E-state index contributed by atoms with van der Waals surface area (Å²) in [5, 5.41) is 3.25. The summed E-state index contributed by atoms with van der Waals surface area (Å²) in [7, 11) is 0. The van der Waals surface area contributed by atoms with Crippen molar-refractivity contribution in [3.05, 3.63) is 41.7 Å². The first-order chi connectivity index (χ1) is 8.43. The molecule has 2 aliphatic rings. The Morgan fingerprint density at radius 1 is 1.12 bits per heavy atom. The Balaban J connectivity index is 1.89. The molecule has 0 saturated heterocycles. The lowest BCUT2D eigenvalue weighted by Gasteiger charge is -2.22. The zero-order valence-corrected chi connectivity index (χ0v) is 10.0. The molecule has 0 bridgehead atoms. The van der Waals surface area contributed by atoms with Crippen molar-refractivity contribution in [1.29, 1.82) is 0 Å². The van der Waals surface area contributed by atoms with Crippen LogP contribution in [0.3, 0.4) is 0 Å². The highest BCUT2D eigenvalue weighted by molar-refractivity contribution is 5.89. The first-order valence-electron chi connectivity index (χ1n) is 6.52. The predicted molar refractivity (Wildman–Crippen MR) is 72.6 cm³/mol. The molecule has 3 rings (SSSR count). The first-order valence-corrected chi connectivity index (χ1v) is 6.52. The van der Waals surface area contributed by atoms with Crippen molar-refractivity contribution in [1.82, 2.24) is 0 Å². The number of benzene rings is 1. The lowest BCUT2D eigenvalue weighted by Crippen LogP contribution is -2.05. The third kappa shape index (κ3) is 2.26. The van der Waals surface area contributed by atoms with Gasteiger partial charge in [-0.2, -0.15) is 0 Å². The summed E-state index contributed by atoms with van der Waals surface area (Å²) in [6.07, 6.45) is 12.5. The summed E-state index contributed by atoms with van der Waals surface area (Å²) >= 11 is 0. The Labute approximate surface area is 102 Å². The third-order valence-corrected chi connectivity index (χ3v) is 3.77. The molecule has 1 aliphatic heterocycles. The monoisotopic (exact) mass is 226 g/mol. The van der Waals surface area contributed by atoms with Crippen LogP contribution >= 0.6 is 0 Å². The van der Waals surface area contributed by atoms with Gasteiger partial charge < -0.3 is 5.32 Å². The molecular weight excluding hydrogens is 208 g/mol. The Bertz CT molecular complexity index is 454. The van der Waals surface area contributed by atoms with Crippen LogP contribution < -0.4 is 5.32 Å². The van der Waals surface area contributed by atoms with E-state index in [0.29, 0.717) is 0 Å². The van der Waals surface area contributed by atoms with Gasteiger partial charge in [-0.05, 0) is 36.5 Å². The lowest BCUT2D eigenvalue weighted by atomic mass is 9.83. The lowest BCUT2D eigenvalue weighted by molar-refractivity contribution is 0.443. The van der Waals surface area contributed by atoms with Crippen LogP contribution in [0.2, 0.25) is 0 Å². The summed E-state index contributed by atoms with van der Waals surface area (Å²) in [5.41, 5.74) is 3.85. The van der Waals surface area contributed by atoms with Crippen LogP contribution in [0, 0.1) is 0 Å². The summed E-state index contributed by atoms with van der Waals surface area (Å²) < 4.78 is 0. The highest BCUT2D eigenvalue weighted by Crippen LogP contribution is 2.34. The maximum Gasteiger partial charge on any atom is 0.0469 e. The fourth-order valence-electron chi connectivity index (χ4n) is 2.80. The number of hydrogen-bond acceptors (Lipinski definition) is 2. The smallest absolute Gasteiger partial charge is 0.0469 e. The van der Waals surface area contributed by atoms with E-state index in [1.807, 2.05) is 12.4 Å². The van der Waals surface area contributed by atoms with Gasteiger partial charge in [-0.3, -0.25) is 4.99 Å². The Hall–Kier alpha value is -1.57. The van der Waals surface area contributed by atoms with E-state index in [9.17, 15) is 0 Å². The number of nitrogens with zero attached hydrogens (tertiary/aromatic N) is 1. The van der Waals surface area contributed by atoms with Crippen LogP contribution in [-0.4, -0.2) is 6.21 Å². The van der Waals surface area contributed by atoms with Gasteiger partial charge >= 0.3 is 0 Å². The van der Waals surface area contributed by atoms with Crippen LogP contribution in [0.1, 0.15) is 49.1 Å². The van der Waals surface area contributed by atoms with E-state index in [-0.39, 0.29) is 0 Å². The van der Waals surface area contributed by atoms with Gasteiger partial charge in [0.2, 0.25) is 0 Å². The van der Waals surface area contributed by atoms with Gasteiger partial charge in [0, 0.05) is 29.9 Å². The second-order valence-electron chi connectivity index (χ2n) is 4.92. The van der Waals surface area contributed by atoms with Crippen molar-refractivity contribution < 1.29 is 0 Å². The quantitative estimate of drug-likeness (QED) is 0.767. The summed E-state index contributed by atoms with van der Waals surface area (Å²) in [5.74, 6) is 0.763. The first kappa shape index (κ1) is 10.6. The van der Waals surface area contributed by atoms with Crippen LogP contribution in [0.25, 0.3) is 0 Å². The molecule has 0 unspecified atom stereocenters. The number of hydrogen-bond donors (Lipinski definition) is 1. The fourth-order valence-corrected chi connectivity index (χ4v) is 2.80. The van der Waals surface area contributed by atoms with Gasteiger partial charge in [0.15, 0.2) is 0 Å². The van der Waals surface area contributed by atoms with Gasteiger partial charge in [0.05, 0.1) is 0 Å². The Morgan fingerprint density at radius 3 is 2.88 bits per heavy atom. The molecule has 0 atom stereocenters. The Morgan fingerprint density at radius 2 is 2.00 bits per heavy atom. The molecule has 1 fully saturated rings. The molecule has 0 radical (unpaired) electrons. The van der Waals surface area contributed by atoms with Crippen LogP contribution in [0.5, 0.6) is 0 Å². The van der Waals surface area contributed by atoms with Crippen molar-refractivity contribution in [2.75, 3.05) is 5.32 Å². The maximum atomic E-state index is 4.23. The summed E-state index contributed by atoms with van der Waals surface area (Å²) in [6, 6.07) is 6.75. The van der Waals surface area contributed by atoms with E-state index >= 15 is 0 Å². The third-order valence-electron chi connectivity index (χ3n) is 3.77. The second kappa shape index (κ2) is 4.74. The molecule has 0 aromatic heterocycles. The zero-order chi connectivity index (χ0) is 11.5. The van der Waals surface area contributed by atoms with Crippen molar-refractivity contribution in [3.8, 4) is 0 Å². The van der Waals surface area contributed by atoms with Gasteiger partial charge in [-0.15, -0.1) is 0 Å². The zero-order valence-electron chi connectivity index (χ0n) is 10.0. The van der Waals surface area contributed by atoms with Crippen LogP contribution in [0.15, 0.2) is 35.6 Å². The normalized spacial score (nSPS) is 19.5. The van der Waals surface area contributed by atoms with E-state index in [1.165, 1.54) is 43.2 Å². The molecular formula is C15H18N2. The van der Waals surface area contributed by atoms with Gasteiger partial charge in [0.1, 0.15) is 0 Å². The predicted octanol–water partition coefficient (Wildman–Crippen LogP) is 4.05. The minimum Gasteiger partial charge on any atom is -0.360 e. The molecule has 88 valence electrons. The minimum absolute atomic E-state index is 0.763. The molecule has 0 amide bonds. The molecule has 1 aromatic carbocycles. The highest BCUT2D eigenvalue weighted by atomic mass is 14.9. The van der Waals surface area contributed by atoms with Crippen molar-refractivity contribution in [3.63, 3.8) is 0 Å². The molecule has 0 spiro atoms. The van der Waals surface area contributed by atoms with Gasteiger partial charge in [-0.25, -0.2) is 0 Å². The average molecular weight is 226 g/mol.